The number of nitrogens with zero attached hydrogens (tertiary/aromatic N) is 2. The predicted molar refractivity (Wildman–Crippen MR) is 79.1 cm³/mol. The zero-order chi connectivity index (χ0) is 14.4. The Hall–Kier alpha value is -1.95. The quantitative estimate of drug-likeness (QED) is 0.889. The first-order valence-electron chi connectivity index (χ1n) is 6.54. The Morgan fingerprint density at radius 3 is 2.80 bits per heavy atom. The van der Waals surface area contributed by atoms with E-state index in [0.717, 1.165) is 17.8 Å². The van der Waals surface area contributed by atoms with Crippen molar-refractivity contribution in [2.45, 2.75) is 32.8 Å². The van der Waals surface area contributed by atoms with Gasteiger partial charge in [0.2, 0.25) is 5.13 Å². The van der Waals surface area contributed by atoms with Crippen LogP contribution >= 0.6 is 11.3 Å². The van der Waals surface area contributed by atoms with Gasteiger partial charge in [0.1, 0.15) is 10.8 Å². The first-order valence-corrected chi connectivity index (χ1v) is 7.35. The Morgan fingerprint density at radius 1 is 1.35 bits per heavy atom. The van der Waals surface area contributed by atoms with Gasteiger partial charge in [0.15, 0.2) is 6.10 Å². The van der Waals surface area contributed by atoms with Crippen molar-refractivity contribution in [1.29, 1.82) is 0 Å². The summed E-state index contributed by atoms with van der Waals surface area (Å²) in [5.41, 5.74) is 0. The van der Waals surface area contributed by atoms with Gasteiger partial charge in [0.25, 0.3) is 5.91 Å². The van der Waals surface area contributed by atoms with Crippen LogP contribution in [0.1, 0.15) is 25.3 Å². The number of para-hydroxylation sites is 1. The third-order valence-electron chi connectivity index (χ3n) is 2.59. The normalized spacial score (nSPS) is 11.9. The molecule has 1 amide bonds. The molecule has 1 aromatic heterocycles. The molecule has 2 aromatic rings. The Morgan fingerprint density at radius 2 is 2.10 bits per heavy atom. The molecule has 0 radical (unpaired) electrons. The maximum Gasteiger partial charge on any atom is 0.266 e. The number of rotatable bonds is 6. The number of hydrogen-bond acceptors (Lipinski definition) is 5. The maximum atomic E-state index is 12.0. The van der Waals surface area contributed by atoms with E-state index in [-0.39, 0.29) is 5.91 Å². The van der Waals surface area contributed by atoms with Gasteiger partial charge in [-0.25, -0.2) is 0 Å². The second kappa shape index (κ2) is 7.00. The summed E-state index contributed by atoms with van der Waals surface area (Å²) in [6.45, 7) is 3.78. The number of carbonyl (C=O) groups excluding carboxylic acids is 1. The zero-order valence-electron chi connectivity index (χ0n) is 11.5. The van der Waals surface area contributed by atoms with E-state index in [1.54, 1.807) is 6.92 Å². The molecule has 0 bridgehead atoms. The van der Waals surface area contributed by atoms with Crippen LogP contribution in [-0.2, 0) is 11.2 Å². The van der Waals surface area contributed by atoms with E-state index in [1.807, 2.05) is 30.3 Å². The molecule has 0 fully saturated rings. The van der Waals surface area contributed by atoms with Crippen LogP contribution in [0.3, 0.4) is 0 Å². The lowest BCUT2D eigenvalue weighted by molar-refractivity contribution is -0.122. The second-order valence-electron chi connectivity index (χ2n) is 4.31. The number of ether oxygens (including phenoxy) is 1. The minimum absolute atomic E-state index is 0.229. The highest BCUT2D eigenvalue weighted by molar-refractivity contribution is 7.15. The number of aryl methyl sites for hydroxylation is 1. The number of hydrogen-bond donors (Lipinski definition) is 1. The molecule has 2 rings (SSSR count). The summed E-state index contributed by atoms with van der Waals surface area (Å²) in [4.78, 5) is 12.0. The van der Waals surface area contributed by atoms with Crippen LogP contribution in [0.4, 0.5) is 5.13 Å². The number of nitrogens with one attached hydrogen (secondary N) is 1. The van der Waals surface area contributed by atoms with Crippen molar-refractivity contribution in [3.8, 4) is 5.75 Å². The van der Waals surface area contributed by atoms with Crippen molar-refractivity contribution in [3.63, 3.8) is 0 Å². The van der Waals surface area contributed by atoms with Gasteiger partial charge in [-0.3, -0.25) is 10.1 Å². The summed E-state index contributed by atoms with van der Waals surface area (Å²) in [7, 11) is 0. The van der Waals surface area contributed by atoms with Gasteiger partial charge in [0, 0.05) is 6.42 Å². The molecule has 1 N–H and O–H groups in total. The third kappa shape index (κ3) is 4.03. The molecule has 0 saturated carbocycles. The Bertz CT molecular complexity index is 557. The molecule has 1 heterocycles. The smallest absolute Gasteiger partial charge is 0.266 e. The van der Waals surface area contributed by atoms with E-state index in [1.165, 1.54) is 11.3 Å². The first-order chi connectivity index (χ1) is 9.69. The molecule has 1 aromatic carbocycles. The van der Waals surface area contributed by atoms with E-state index in [4.69, 9.17) is 4.74 Å². The van der Waals surface area contributed by atoms with Crippen LogP contribution in [0.15, 0.2) is 30.3 Å². The van der Waals surface area contributed by atoms with Crippen LogP contribution in [0.5, 0.6) is 5.75 Å². The Balaban J connectivity index is 1.90. The van der Waals surface area contributed by atoms with Crippen molar-refractivity contribution in [3.05, 3.63) is 35.3 Å². The van der Waals surface area contributed by atoms with Crippen molar-refractivity contribution < 1.29 is 9.53 Å². The summed E-state index contributed by atoms with van der Waals surface area (Å²) in [5.74, 6) is 0.437. The summed E-state index contributed by atoms with van der Waals surface area (Å²) in [6.07, 6.45) is 1.30. The van der Waals surface area contributed by atoms with Crippen LogP contribution in [0.25, 0.3) is 0 Å². The number of aromatic nitrogens is 2. The molecule has 6 heteroatoms. The second-order valence-corrected chi connectivity index (χ2v) is 5.38. The number of benzene rings is 1. The lowest BCUT2D eigenvalue weighted by Gasteiger charge is -2.13. The van der Waals surface area contributed by atoms with Crippen LogP contribution in [0, 0.1) is 0 Å². The predicted octanol–water partition coefficient (Wildman–Crippen LogP) is 2.90. The molecule has 0 aliphatic rings. The maximum absolute atomic E-state index is 12.0. The highest BCUT2D eigenvalue weighted by Gasteiger charge is 2.16. The summed E-state index contributed by atoms with van der Waals surface area (Å²) in [5, 5.41) is 12.1. The van der Waals surface area contributed by atoms with Crippen LogP contribution < -0.4 is 10.1 Å². The van der Waals surface area contributed by atoms with Crippen molar-refractivity contribution in [2.75, 3.05) is 5.32 Å². The molecular formula is C14H17N3O2S. The van der Waals surface area contributed by atoms with Crippen LogP contribution in [0.2, 0.25) is 0 Å². The van der Waals surface area contributed by atoms with E-state index in [0.29, 0.717) is 10.9 Å². The average Bonchev–Trinajstić information content (AvgIpc) is 2.87. The van der Waals surface area contributed by atoms with E-state index in [9.17, 15) is 4.79 Å². The molecule has 0 saturated heterocycles. The SMILES string of the molecule is CCCc1nnc(NC(=O)[C@H](C)Oc2ccccc2)s1. The van der Waals surface area contributed by atoms with Gasteiger partial charge in [-0.05, 0) is 25.5 Å². The molecule has 5 nitrogen and oxygen atoms in total. The van der Waals surface area contributed by atoms with Gasteiger partial charge < -0.3 is 4.74 Å². The molecule has 0 aliphatic carbocycles. The lowest BCUT2D eigenvalue weighted by atomic mass is 10.3. The first kappa shape index (κ1) is 14.5. The largest absolute Gasteiger partial charge is 0.481 e. The monoisotopic (exact) mass is 291 g/mol. The highest BCUT2D eigenvalue weighted by atomic mass is 32.1. The topological polar surface area (TPSA) is 64.1 Å². The third-order valence-corrected chi connectivity index (χ3v) is 3.48. The molecule has 0 unspecified atom stereocenters. The fraction of sp³-hybridized carbons (Fsp3) is 0.357. The van der Waals surface area contributed by atoms with Crippen molar-refractivity contribution >= 4 is 22.4 Å². The molecule has 1 atom stereocenters. The fourth-order valence-electron chi connectivity index (χ4n) is 1.58. The Kier molecular flexibility index (Phi) is 5.06. The van der Waals surface area contributed by atoms with Crippen molar-refractivity contribution in [1.82, 2.24) is 10.2 Å². The van der Waals surface area contributed by atoms with E-state index < -0.39 is 6.10 Å². The lowest BCUT2D eigenvalue weighted by Crippen LogP contribution is -2.30. The number of amides is 1. The molecular weight excluding hydrogens is 274 g/mol. The van der Waals surface area contributed by atoms with Gasteiger partial charge in [0.05, 0.1) is 0 Å². The molecule has 0 spiro atoms. The standard InChI is InChI=1S/C14H17N3O2S/c1-3-7-12-16-17-14(20-12)15-13(18)10(2)19-11-8-5-4-6-9-11/h4-6,8-10H,3,7H2,1-2H3,(H,15,17,18)/t10-/m0/s1. The minimum atomic E-state index is -0.587. The highest BCUT2D eigenvalue weighted by Crippen LogP contribution is 2.17. The van der Waals surface area contributed by atoms with Gasteiger partial charge in [-0.15, -0.1) is 10.2 Å². The summed E-state index contributed by atoms with van der Waals surface area (Å²) >= 11 is 1.40. The fourth-order valence-corrected chi connectivity index (χ4v) is 2.43. The van der Waals surface area contributed by atoms with Gasteiger partial charge >= 0.3 is 0 Å². The molecule has 0 aliphatic heterocycles. The number of anilines is 1. The van der Waals surface area contributed by atoms with Gasteiger partial charge in [-0.1, -0.05) is 36.5 Å². The number of carbonyl (C=O) groups is 1. The summed E-state index contributed by atoms with van der Waals surface area (Å²) < 4.78 is 5.55. The molecule has 106 valence electrons. The molecule has 20 heavy (non-hydrogen) atoms. The van der Waals surface area contributed by atoms with Crippen LogP contribution in [-0.4, -0.2) is 22.2 Å². The average molecular weight is 291 g/mol. The zero-order valence-corrected chi connectivity index (χ0v) is 12.3. The summed E-state index contributed by atoms with van der Waals surface area (Å²) in [6, 6.07) is 9.25. The van der Waals surface area contributed by atoms with E-state index >= 15 is 0 Å². The van der Waals surface area contributed by atoms with Crippen molar-refractivity contribution in [2.24, 2.45) is 0 Å². The van der Waals surface area contributed by atoms with E-state index in [2.05, 4.69) is 22.4 Å². The minimum Gasteiger partial charge on any atom is -0.481 e. The Labute approximate surface area is 122 Å². The van der Waals surface area contributed by atoms with Gasteiger partial charge in [-0.2, -0.15) is 0 Å².